The minimum absolute atomic E-state index is 0.176. The molecule has 5 heteroatoms. The summed E-state index contributed by atoms with van der Waals surface area (Å²) in [5.74, 6) is -0.176. The molecule has 0 radical (unpaired) electrons. The lowest BCUT2D eigenvalue weighted by molar-refractivity contribution is -0.144. The van der Waals surface area contributed by atoms with Gasteiger partial charge in [-0.15, -0.1) is 0 Å². The Kier molecular flexibility index (Phi) is 7.23. The van der Waals surface area contributed by atoms with Crippen molar-refractivity contribution < 1.29 is 14.3 Å². The molecule has 0 amide bonds. The summed E-state index contributed by atoms with van der Waals surface area (Å²) in [5, 5.41) is 3.26. The molecule has 0 aromatic heterocycles. The summed E-state index contributed by atoms with van der Waals surface area (Å²) in [6, 6.07) is 0.177. The number of carbonyl (C=O) groups is 1. The summed E-state index contributed by atoms with van der Waals surface area (Å²) in [6.45, 7) is 8.18. The van der Waals surface area contributed by atoms with Crippen LogP contribution in [0.1, 0.15) is 26.7 Å². The number of ether oxygens (including phenoxy) is 2. The zero-order valence-corrected chi connectivity index (χ0v) is 11.8. The Labute approximate surface area is 110 Å². The van der Waals surface area contributed by atoms with Crippen molar-refractivity contribution in [3.63, 3.8) is 0 Å². The number of esters is 1. The molecule has 2 atom stereocenters. The van der Waals surface area contributed by atoms with Crippen molar-refractivity contribution in [1.82, 2.24) is 10.2 Å². The van der Waals surface area contributed by atoms with Crippen molar-refractivity contribution in [2.45, 2.75) is 38.8 Å². The Morgan fingerprint density at radius 1 is 1.56 bits per heavy atom. The van der Waals surface area contributed by atoms with Crippen molar-refractivity contribution in [1.29, 1.82) is 0 Å². The number of carbonyl (C=O) groups excluding carboxylic acids is 1. The van der Waals surface area contributed by atoms with Crippen molar-refractivity contribution in [2.24, 2.45) is 0 Å². The highest BCUT2D eigenvalue weighted by atomic mass is 16.5. The molecule has 2 unspecified atom stereocenters. The molecular formula is C13H26N2O3. The Morgan fingerprint density at radius 2 is 2.33 bits per heavy atom. The lowest BCUT2D eigenvalue weighted by Crippen LogP contribution is -2.53. The number of nitrogens with zero attached hydrogens (tertiary/aromatic N) is 1. The minimum Gasteiger partial charge on any atom is -0.468 e. The number of hydrogen-bond acceptors (Lipinski definition) is 5. The molecule has 5 nitrogen and oxygen atoms in total. The van der Waals surface area contributed by atoms with E-state index in [1.807, 2.05) is 0 Å². The Morgan fingerprint density at radius 3 is 2.94 bits per heavy atom. The molecule has 0 aromatic rings. The summed E-state index contributed by atoms with van der Waals surface area (Å²) in [5.41, 5.74) is 0. The van der Waals surface area contributed by atoms with Gasteiger partial charge in [0.15, 0.2) is 0 Å². The fourth-order valence-electron chi connectivity index (χ4n) is 2.22. The minimum atomic E-state index is -0.234. The van der Waals surface area contributed by atoms with E-state index in [4.69, 9.17) is 9.47 Å². The fourth-order valence-corrected chi connectivity index (χ4v) is 2.22. The number of nitrogens with one attached hydrogen (secondary N) is 1. The van der Waals surface area contributed by atoms with Gasteiger partial charge in [0.05, 0.1) is 20.3 Å². The molecule has 0 aliphatic carbocycles. The fraction of sp³-hybridized carbons (Fsp3) is 0.923. The molecule has 0 bridgehead atoms. The lowest BCUT2D eigenvalue weighted by Gasteiger charge is -2.36. The molecule has 0 spiro atoms. The van der Waals surface area contributed by atoms with Crippen LogP contribution in [0.5, 0.6) is 0 Å². The molecule has 1 saturated heterocycles. The first-order valence-electron chi connectivity index (χ1n) is 6.85. The van der Waals surface area contributed by atoms with E-state index in [1.165, 1.54) is 7.11 Å². The van der Waals surface area contributed by atoms with Gasteiger partial charge in [-0.25, -0.2) is 0 Å². The quantitative estimate of drug-likeness (QED) is 0.679. The topological polar surface area (TPSA) is 50.8 Å². The average molecular weight is 258 g/mol. The van der Waals surface area contributed by atoms with Gasteiger partial charge in [-0.1, -0.05) is 13.8 Å². The molecule has 1 aliphatic rings. The summed E-state index contributed by atoms with van der Waals surface area (Å²) in [4.78, 5) is 14.1. The smallest absolute Gasteiger partial charge is 0.324 e. The molecule has 1 aliphatic heterocycles. The Balaban J connectivity index is 2.54. The lowest BCUT2D eigenvalue weighted by atomic mass is 10.1. The van der Waals surface area contributed by atoms with Crippen LogP contribution in [0, 0.1) is 0 Å². The third-order valence-corrected chi connectivity index (χ3v) is 3.36. The average Bonchev–Trinajstić information content (AvgIpc) is 2.42. The second-order valence-electron chi connectivity index (χ2n) is 4.66. The maximum atomic E-state index is 11.7. The van der Waals surface area contributed by atoms with Crippen LogP contribution in [0.3, 0.4) is 0 Å². The van der Waals surface area contributed by atoms with E-state index in [2.05, 4.69) is 24.1 Å². The molecule has 1 heterocycles. The second kappa shape index (κ2) is 8.45. The van der Waals surface area contributed by atoms with Crippen LogP contribution >= 0.6 is 0 Å². The third kappa shape index (κ3) is 4.55. The SMILES string of the molecule is CCCNC(CN1CCOCC1CC)C(=O)OC. The standard InChI is InChI=1S/C13H26N2O3/c1-4-6-14-12(13(16)17-3)9-15-7-8-18-10-11(15)5-2/h11-12,14H,4-10H2,1-3H3. The molecule has 0 aromatic carbocycles. The molecule has 1 N–H and O–H groups in total. The Bertz CT molecular complexity index is 248. The van der Waals surface area contributed by atoms with Crippen molar-refractivity contribution in [3.8, 4) is 0 Å². The van der Waals surface area contributed by atoms with Crippen LogP contribution in [0.2, 0.25) is 0 Å². The van der Waals surface area contributed by atoms with Crippen molar-refractivity contribution >= 4 is 5.97 Å². The monoisotopic (exact) mass is 258 g/mol. The second-order valence-corrected chi connectivity index (χ2v) is 4.66. The van der Waals surface area contributed by atoms with Crippen LogP contribution in [0.25, 0.3) is 0 Å². The third-order valence-electron chi connectivity index (χ3n) is 3.36. The molecule has 1 fully saturated rings. The van der Waals surface area contributed by atoms with E-state index in [0.29, 0.717) is 12.6 Å². The number of rotatable bonds is 7. The summed E-state index contributed by atoms with van der Waals surface area (Å²) in [7, 11) is 1.44. The van der Waals surface area contributed by atoms with Crippen LogP contribution in [0.4, 0.5) is 0 Å². The normalized spacial score (nSPS) is 22.7. The van der Waals surface area contributed by atoms with E-state index in [9.17, 15) is 4.79 Å². The summed E-state index contributed by atoms with van der Waals surface area (Å²) < 4.78 is 10.3. The van der Waals surface area contributed by atoms with Gasteiger partial charge in [-0.3, -0.25) is 9.69 Å². The number of morpholine rings is 1. The van der Waals surface area contributed by atoms with Crippen LogP contribution in [-0.2, 0) is 14.3 Å². The first kappa shape index (κ1) is 15.4. The molecule has 18 heavy (non-hydrogen) atoms. The predicted octanol–water partition coefficient (Wildman–Crippen LogP) is 0.638. The molecule has 1 rings (SSSR count). The first-order valence-corrected chi connectivity index (χ1v) is 6.85. The van der Waals surface area contributed by atoms with Crippen molar-refractivity contribution in [2.75, 3.05) is 40.0 Å². The van der Waals surface area contributed by atoms with Gasteiger partial charge in [0.1, 0.15) is 6.04 Å². The maximum absolute atomic E-state index is 11.7. The van der Waals surface area contributed by atoms with Gasteiger partial charge >= 0.3 is 5.97 Å². The van der Waals surface area contributed by atoms with E-state index in [-0.39, 0.29) is 12.0 Å². The molecule has 0 saturated carbocycles. The molecular weight excluding hydrogens is 232 g/mol. The van der Waals surface area contributed by atoms with E-state index < -0.39 is 0 Å². The van der Waals surface area contributed by atoms with E-state index in [0.717, 1.165) is 39.1 Å². The highest BCUT2D eigenvalue weighted by Gasteiger charge is 2.27. The van der Waals surface area contributed by atoms with Crippen LogP contribution in [-0.4, -0.2) is 62.9 Å². The first-order chi connectivity index (χ1) is 8.72. The number of methoxy groups -OCH3 is 1. The van der Waals surface area contributed by atoms with Gasteiger partial charge in [0.2, 0.25) is 0 Å². The summed E-state index contributed by atoms with van der Waals surface area (Å²) >= 11 is 0. The highest BCUT2D eigenvalue weighted by Crippen LogP contribution is 2.11. The number of hydrogen-bond donors (Lipinski definition) is 1. The highest BCUT2D eigenvalue weighted by molar-refractivity contribution is 5.75. The van der Waals surface area contributed by atoms with E-state index >= 15 is 0 Å². The van der Waals surface area contributed by atoms with Crippen molar-refractivity contribution in [3.05, 3.63) is 0 Å². The Hall–Kier alpha value is -0.650. The van der Waals surface area contributed by atoms with Crippen LogP contribution in [0.15, 0.2) is 0 Å². The zero-order valence-electron chi connectivity index (χ0n) is 11.8. The largest absolute Gasteiger partial charge is 0.468 e. The van der Waals surface area contributed by atoms with Gasteiger partial charge in [-0.05, 0) is 19.4 Å². The van der Waals surface area contributed by atoms with Gasteiger partial charge < -0.3 is 14.8 Å². The van der Waals surface area contributed by atoms with Gasteiger partial charge in [0, 0.05) is 19.1 Å². The van der Waals surface area contributed by atoms with E-state index in [1.54, 1.807) is 0 Å². The van der Waals surface area contributed by atoms with Crippen LogP contribution < -0.4 is 5.32 Å². The zero-order chi connectivity index (χ0) is 13.4. The maximum Gasteiger partial charge on any atom is 0.324 e. The van der Waals surface area contributed by atoms with Gasteiger partial charge in [-0.2, -0.15) is 0 Å². The molecule has 106 valence electrons. The summed E-state index contributed by atoms with van der Waals surface area (Å²) in [6.07, 6.45) is 2.05. The predicted molar refractivity (Wildman–Crippen MR) is 70.6 cm³/mol. The van der Waals surface area contributed by atoms with Gasteiger partial charge in [0.25, 0.3) is 0 Å².